The molecule has 4 rings (SSSR count). The van der Waals surface area contributed by atoms with Gasteiger partial charge in [0.25, 0.3) is 5.91 Å². The van der Waals surface area contributed by atoms with Crippen LogP contribution in [0.1, 0.15) is 35.1 Å². The van der Waals surface area contributed by atoms with Gasteiger partial charge in [-0.1, -0.05) is 0 Å². The third-order valence-corrected chi connectivity index (χ3v) is 5.38. The zero-order valence-corrected chi connectivity index (χ0v) is 15.8. The van der Waals surface area contributed by atoms with E-state index in [0.717, 1.165) is 0 Å². The number of tetrazole rings is 1. The number of carbonyl (C=O) groups excluding carboxylic acids is 2. The van der Waals surface area contributed by atoms with Gasteiger partial charge in [-0.3, -0.25) is 14.6 Å². The molecule has 2 amide bonds. The molecule has 148 valence electrons. The van der Waals surface area contributed by atoms with Crippen molar-refractivity contribution in [3.8, 4) is 0 Å². The number of nitrogens with zero attached hydrogens (tertiary/aromatic N) is 7. The molecule has 2 aromatic heterocycles. The van der Waals surface area contributed by atoms with Gasteiger partial charge in [0.15, 0.2) is 5.82 Å². The van der Waals surface area contributed by atoms with E-state index in [2.05, 4.69) is 20.5 Å². The molecule has 0 aromatic carbocycles. The van der Waals surface area contributed by atoms with Crippen LogP contribution in [-0.2, 0) is 16.6 Å². The summed E-state index contributed by atoms with van der Waals surface area (Å²) in [6.07, 6.45) is 4.26. The van der Waals surface area contributed by atoms with Crippen molar-refractivity contribution >= 4 is 11.8 Å². The van der Waals surface area contributed by atoms with Crippen LogP contribution in [-0.4, -0.2) is 79.6 Å². The normalized spacial score (nSPS) is 21.0. The Hall–Kier alpha value is -2.88. The molecule has 2 fully saturated rings. The number of rotatable bonds is 3. The first kappa shape index (κ1) is 18.5. The van der Waals surface area contributed by atoms with E-state index in [9.17, 15) is 9.59 Å². The molecule has 0 radical (unpaired) electrons. The maximum Gasteiger partial charge on any atom is 0.253 e. The fourth-order valence-electron chi connectivity index (χ4n) is 3.78. The zero-order chi connectivity index (χ0) is 19.5. The van der Waals surface area contributed by atoms with E-state index in [1.807, 2.05) is 9.80 Å². The molecule has 2 aliphatic heterocycles. The van der Waals surface area contributed by atoms with Crippen LogP contribution in [0.25, 0.3) is 0 Å². The fourth-order valence-corrected chi connectivity index (χ4v) is 3.78. The lowest BCUT2D eigenvalue weighted by molar-refractivity contribution is -0.145. The highest BCUT2D eigenvalue weighted by Crippen LogP contribution is 2.25. The Bertz CT molecular complexity index is 833. The maximum atomic E-state index is 13.0. The summed E-state index contributed by atoms with van der Waals surface area (Å²) in [6.45, 7) is 2.64. The summed E-state index contributed by atoms with van der Waals surface area (Å²) < 4.78 is 7.32. The summed E-state index contributed by atoms with van der Waals surface area (Å²) in [5.74, 6) is 0.669. The van der Waals surface area contributed by atoms with Gasteiger partial charge in [0.1, 0.15) is 6.10 Å². The molecule has 2 saturated heterocycles. The smallest absolute Gasteiger partial charge is 0.253 e. The Morgan fingerprint density at radius 3 is 2.54 bits per heavy atom. The second-order valence-corrected chi connectivity index (χ2v) is 7.11. The molecule has 2 aliphatic rings. The van der Waals surface area contributed by atoms with Crippen LogP contribution in [0.5, 0.6) is 0 Å². The predicted molar refractivity (Wildman–Crippen MR) is 96.9 cm³/mol. The van der Waals surface area contributed by atoms with Crippen LogP contribution in [0.15, 0.2) is 24.5 Å². The average molecular weight is 385 g/mol. The number of likely N-dealkylation sites (tertiary alicyclic amines) is 1. The molecular weight excluding hydrogens is 362 g/mol. The van der Waals surface area contributed by atoms with Gasteiger partial charge >= 0.3 is 0 Å². The molecule has 0 spiro atoms. The van der Waals surface area contributed by atoms with Gasteiger partial charge in [0.05, 0.1) is 13.2 Å². The maximum absolute atomic E-state index is 13.0. The highest BCUT2D eigenvalue weighted by Gasteiger charge is 2.34. The van der Waals surface area contributed by atoms with Crippen molar-refractivity contribution in [2.45, 2.75) is 18.9 Å². The Kier molecular flexibility index (Phi) is 5.29. The van der Waals surface area contributed by atoms with Crippen LogP contribution < -0.4 is 0 Å². The van der Waals surface area contributed by atoms with Gasteiger partial charge in [-0.05, 0) is 35.4 Å². The zero-order valence-electron chi connectivity index (χ0n) is 15.8. The Morgan fingerprint density at radius 1 is 1.11 bits per heavy atom. The van der Waals surface area contributed by atoms with Gasteiger partial charge < -0.3 is 14.5 Å². The molecule has 2 aromatic rings. The minimum Gasteiger partial charge on any atom is -0.366 e. The molecule has 0 bridgehead atoms. The highest BCUT2D eigenvalue weighted by atomic mass is 16.5. The molecule has 10 heteroatoms. The van der Waals surface area contributed by atoms with Crippen molar-refractivity contribution in [2.24, 2.45) is 13.0 Å². The van der Waals surface area contributed by atoms with Crippen LogP contribution in [0.4, 0.5) is 0 Å². The van der Waals surface area contributed by atoms with E-state index < -0.39 is 0 Å². The number of aryl methyl sites for hydroxylation is 1. The van der Waals surface area contributed by atoms with Gasteiger partial charge in [0, 0.05) is 50.6 Å². The molecule has 1 unspecified atom stereocenters. The van der Waals surface area contributed by atoms with E-state index in [-0.39, 0.29) is 23.8 Å². The molecule has 0 aliphatic carbocycles. The number of hydrogen-bond donors (Lipinski definition) is 0. The molecule has 28 heavy (non-hydrogen) atoms. The lowest BCUT2D eigenvalue weighted by atomic mass is 9.94. The van der Waals surface area contributed by atoms with Crippen molar-refractivity contribution < 1.29 is 14.3 Å². The number of ether oxygens (including phenoxy) is 1. The highest BCUT2D eigenvalue weighted by molar-refractivity contribution is 5.94. The molecule has 0 N–H and O–H groups in total. The first-order valence-electron chi connectivity index (χ1n) is 9.45. The monoisotopic (exact) mass is 385 g/mol. The van der Waals surface area contributed by atoms with E-state index >= 15 is 0 Å². The second kappa shape index (κ2) is 8.01. The number of hydrogen-bond acceptors (Lipinski definition) is 7. The lowest BCUT2D eigenvalue weighted by Crippen LogP contribution is -2.48. The Morgan fingerprint density at radius 2 is 1.86 bits per heavy atom. The largest absolute Gasteiger partial charge is 0.366 e. The average Bonchev–Trinajstić information content (AvgIpc) is 3.19. The second-order valence-electron chi connectivity index (χ2n) is 7.11. The minimum atomic E-state index is -0.314. The third-order valence-electron chi connectivity index (χ3n) is 5.38. The Labute approximate surface area is 162 Å². The van der Waals surface area contributed by atoms with Crippen molar-refractivity contribution in [2.75, 3.05) is 32.8 Å². The minimum absolute atomic E-state index is 0.00508. The van der Waals surface area contributed by atoms with Crippen molar-refractivity contribution in [1.82, 2.24) is 35.0 Å². The summed E-state index contributed by atoms with van der Waals surface area (Å²) in [6, 6.07) is 3.43. The van der Waals surface area contributed by atoms with E-state index in [4.69, 9.17) is 4.74 Å². The summed E-state index contributed by atoms with van der Waals surface area (Å²) >= 11 is 0. The SMILES string of the molecule is Cn1nnnc1C1CN(C(=O)C2CCN(C(=O)c3ccncc3)CC2)CCO1. The van der Waals surface area contributed by atoms with Crippen molar-refractivity contribution in [3.63, 3.8) is 0 Å². The number of pyridine rings is 1. The first-order valence-corrected chi connectivity index (χ1v) is 9.45. The summed E-state index contributed by atoms with van der Waals surface area (Å²) in [4.78, 5) is 33.1. The quantitative estimate of drug-likeness (QED) is 0.735. The Balaban J connectivity index is 1.34. The number of aromatic nitrogens is 5. The molecule has 4 heterocycles. The number of carbonyl (C=O) groups is 2. The van der Waals surface area contributed by atoms with Crippen LogP contribution in [0.3, 0.4) is 0 Å². The van der Waals surface area contributed by atoms with E-state index in [1.54, 1.807) is 36.3 Å². The standard InChI is InChI=1S/C18H23N7O3/c1-23-16(20-21-22-23)15-12-25(10-11-28-15)18(27)14-4-8-24(9-5-14)17(26)13-2-6-19-7-3-13/h2-3,6-7,14-15H,4-5,8-12H2,1H3. The number of amides is 2. The van der Waals surface area contributed by atoms with Crippen molar-refractivity contribution in [1.29, 1.82) is 0 Å². The van der Waals surface area contributed by atoms with Gasteiger partial charge in [0.2, 0.25) is 5.91 Å². The molecule has 0 saturated carbocycles. The first-order chi connectivity index (χ1) is 13.6. The summed E-state index contributed by atoms with van der Waals surface area (Å²) in [5, 5.41) is 11.5. The van der Waals surface area contributed by atoms with Crippen LogP contribution in [0.2, 0.25) is 0 Å². The third kappa shape index (κ3) is 3.72. The topological polar surface area (TPSA) is 106 Å². The number of morpholine rings is 1. The fraction of sp³-hybridized carbons (Fsp3) is 0.556. The summed E-state index contributed by atoms with van der Waals surface area (Å²) in [7, 11) is 1.76. The molecular formula is C18H23N7O3. The van der Waals surface area contributed by atoms with Gasteiger partial charge in [-0.15, -0.1) is 5.10 Å². The van der Waals surface area contributed by atoms with E-state index in [1.165, 1.54) is 0 Å². The number of piperidine rings is 1. The van der Waals surface area contributed by atoms with Crippen LogP contribution >= 0.6 is 0 Å². The van der Waals surface area contributed by atoms with Crippen molar-refractivity contribution in [3.05, 3.63) is 35.9 Å². The summed E-state index contributed by atoms with van der Waals surface area (Å²) in [5.41, 5.74) is 0.632. The van der Waals surface area contributed by atoms with Gasteiger partial charge in [-0.2, -0.15) is 0 Å². The lowest BCUT2D eigenvalue weighted by Gasteiger charge is -2.37. The van der Waals surface area contributed by atoms with Crippen LogP contribution in [0, 0.1) is 5.92 Å². The molecule has 10 nitrogen and oxygen atoms in total. The predicted octanol–water partition coefficient (Wildman–Crippen LogP) is 0.0574. The van der Waals surface area contributed by atoms with E-state index in [0.29, 0.717) is 57.0 Å². The molecule has 1 atom stereocenters. The van der Waals surface area contributed by atoms with Gasteiger partial charge in [-0.25, -0.2) is 4.68 Å².